The molecule has 122 valence electrons. The van der Waals surface area contributed by atoms with Gasteiger partial charge in [0.2, 0.25) is 0 Å². The van der Waals surface area contributed by atoms with Crippen molar-refractivity contribution in [3.05, 3.63) is 24.3 Å². The molecule has 0 amide bonds. The van der Waals surface area contributed by atoms with Crippen LogP contribution in [0.15, 0.2) is 18.5 Å². The summed E-state index contributed by atoms with van der Waals surface area (Å²) in [4.78, 5) is 7.34. The van der Waals surface area contributed by atoms with Crippen molar-refractivity contribution in [1.29, 1.82) is 0 Å². The highest BCUT2D eigenvalue weighted by atomic mass is 32.2. The molecule has 1 unspecified atom stereocenters. The SMILES string of the molecule is CC[C@@H]1CC(S(=O)(=O)O)C[C@@H]1c1nnc2cnc3[nH]ccc3n12. The van der Waals surface area contributed by atoms with E-state index in [1.807, 2.05) is 17.4 Å². The van der Waals surface area contributed by atoms with E-state index in [-0.39, 0.29) is 11.8 Å². The second-order valence-electron chi connectivity index (χ2n) is 6.10. The topological polar surface area (TPSA) is 113 Å². The van der Waals surface area contributed by atoms with Crippen LogP contribution in [0.25, 0.3) is 16.8 Å². The Labute approximate surface area is 132 Å². The Morgan fingerprint density at radius 2 is 2.22 bits per heavy atom. The standard InChI is InChI=1S/C14H17N5O3S/c1-2-8-5-9(23(20,21)22)6-10(8)14-18-17-12-7-16-13-11(19(12)14)3-4-15-13/h3-4,7-10,15H,2,5-6H2,1H3,(H,20,21,22)/t8-,9?,10+/m1/s1. The first-order valence-corrected chi connectivity index (χ1v) is 9.12. The fourth-order valence-corrected chi connectivity index (χ4v) is 4.66. The lowest BCUT2D eigenvalue weighted by molar-refractivity contribution is 0.447. The van der Waals surface area contributed by atoms with Gasteiger partial charge in [-0.3, -0.25) is 8.95 Å². The molecule has 0 radical (unpaired) electrons. The first kappa shape index (κ1) is 14.6. The number of rotatable bonds is 3. The maximum Gasteiger partial charge on any atom is 0.267 e. The van der Waals surface area contributed by atoms with Gasteiger partial charge in [-0.1, -0.05) is 13.3 Å². The highest BCUT2D eigenvalue weighted by Gasteiger charge is 2.42. The van der Waals surface area contributed by atoms with Crippen molar-refractivity contribution in [2.75, 3.05) is 0 Å². The summed E-state index contributed by atoms with van der Waals surface area (Å²) in [5, 5.41) is 7.75. The molecule has 8 nitrogen and oxygen atoms in total. The van der Waals surface area contributed by atoms with Gasteiger partial charge in [-0.25, -0.2) is 4.98 Å². The molecule has 0 bridgehead atoms. The third-order valence-corrected chi connectivity index (χ3v) is 6.12. The number of fused-ring (bicyclic) bond motifs is 3. The van der Waals surface area contributed by atoms with Crippen LogP contribution in [-0.2, 0) is 10.1 Å². The van der Waals surface area contributed by atoms with Crippen LogP contribution in [0.1, 0.15) is 37.9 Å². The summed E-state index contributed by atoms with van der Waals surface area (Å²) in [6.45, 7) is 2.03. The molecule has 1 aliphatic rings. The smallest absolute Gasteiger partial charge is 0.267 e. The largest absolute Gasteiger partial charge is 0.345 e. The molecule has 0 saturated heterocycles. The highest BCUT2D eigenvalue weighted by molar-refractivity contribution is 7.86. The normalized spacial score (nSPS) is 25.6. The van der Waals surface area contributed by atoms with Gasteiger partial charge >= 0.3 is 0 Å². The molecule has 1 fully saturated rings. The number of H-pyrrole nitrogens is 1. The highest BCUT2D eigenvalue weighted by Crippen LogP contribution is 2.43. The average Bonchev–Trinajstić information content (AvgIpc) is 3.21. The maximum atomic E-state index is 11.5. The van der Waals surface area contributed by atoms with E-state index in [2.05, 4.69) is 20.2 Å². The minimum absolute atomic E-state index is 0.0533. The lowest BCUT2D eigenvalue weighted by atomic mass is 9.93. The van der Waals surface area contributed by atoms with Crippen LogP contribution in [0.5, 0.6) is 0 Å². The molecule has 0 aromatic carbocycles. The van der Waals surface area contributed by atoms with Gasteiger partial charge in [0.05, 0.1) is 17.0 Å². The first-order valence-electron chi connectivity index (χ1n) is 7.62. The molecular weight excluding hydrogens is 318 g/mol. The van der Waals surface area contributed by atoms with Crippen molar-refractivity contribution in [2.24, 2.45) is 5.92 Å². The summed E-state index contributed by atoms with van der Waals surface area (Å²) >= 11 is 0. The predicted octanol–water partition coefficient (Wildman–Crippen LogP) is 1.77. The van der Waals surface area contributed by atoms with Gasteiger partial charge in [0.15, 0.2) is 11.3 Å². The van der Waals surface area contributed by atoms with Gasteiger partial charge in [-0.05, 0) is 24.8 Å². The Kier molecular flexibility index (Phi) is 3.17. The van der Waals surface area contributed by atoms with E-state index < -0.39 is 15.4 Å². The molecule has 1 saturated carbocycles. The summed E-state index contributed by atoms with van der Waals surface area (Å²) < 4.78 is 34.4. The quantitative estimate of drug-likeness (QED) is 0.705. The zero-order valence-corrected chi connectivity index (χ0v) is 13.4. The van der Waals surface area contributed by atoms with Gasteiger partial charge in [-0.2, -0.15) is 8.42 Å². The summed E-state index contributed by atoms with van der Waals surface area (Å²) in [6, 6.07) is 1.90. The minimum Gasteiger partial charge on any atom is -0.345 e. The monoisotopic (exact) mass is 335 g/mol. The van der Waals surface area contributed by atoms with Crippen molar-refractivity contribution in [3.8, 4) is 0 Å². The number of hydrogen-bond acceptors (Lipinski definition) is 5. The Bertz CT molecular complexity index is 977. The average molecular weight is 335 g/mol. The molecule has 3 atom stereocenters. The van der Waals surface area contributed by atoms with Crippen molar-refractivity contribution in [1.82, 2.24) is 24.6 Å². The fourth-order valence-electron chi connectivity index (χ4n) is 3.72. The van der Waals surface area contributed by atoms with Crippen LogP contribution in [0.3, 0.4) is 0 Å². The van der Waals surface area contributed by atoms with E-state index in [0.717, 1.165) is 23.4 Å². The van der Waals surface area contributed by atoms with Gasteiger partial charge in [0, 0.05) is 12.1 Å². The second-order valence-corrected chi connectivity index (χ2v) is 7.80. The van der Waals surface area contributed by atoms with Crippen molar-refractivity contribution >= 4 is 26.9 Å². The molecule has 2 N–H and O–H groups in total. The Morgan fingerprint density at radius 3 is 2.96 bits per heavy atom. The summed E-state index contributed by atoms with van der Waals surface area (Å²) in [6.07, 6.45) is 5.09. The molecular formula is C14H17N5O3S. The van der Waals surface area contributed by atoms with Crippen LogP contribution in [0, 0.1) is 5.92 Å². The van der Waals surface area contributed by atoms with Crippen molar-refractivity contribution < 1.29 is 13.0 Å². The lowest BCUT2D eigenvalue weighted by Crippen LogP contribution is -2.17. The molecule has 3 heterocycles. The van der Waals surface area contributed by atoms with E-state index >= 15 is 0 Å². The molecule has 0 spiro atoms. The molecule has 3 aromatic heterocycles. The molecule has 23 heavy (non-hydrogen) atoms. The number of aromatic nitrogens is 5. The zero-order valence-electron chi connectivity index (χ0n) is 12.5. The number of nitrogens with one attached hydrogen (secondary N) is 1. The minimum atomic E-state index is -4.03. The summed E-state index contributed by atoms with van der Waals surface area (Å²) in [5.74, 6) is 0.837. The van der Waals surface area contributed by atoms with Crippen LogP contribution in [0.2, 0.25) is 0 Å². The van der Waals surface area contributed by atoms with Crippen LogP contribution < -0.4 is 0 Å². The number of aromatic amines is 1. The van der Waals surface area contributed by atoms with Gasteiger partial charge in [0.1, 0.15) is 5.82 Å². The lowest BCUT2D eigenvalue weighted by Gasteiger charge is -2.15. The second kappa shape index (κ2) is 5.00. The van der Waals surface area contributed by atoms with E-state index in [1.54, 1.807) is 12.4 Å². The van der Waals surface area contributed by atoms with E-state index in [1.165, 1.54) is 0 Å². The van der Waals surface area contributed by atoms with Gasteiger partial charge < -0.3 is 4.98 Å². The van der Waals surface area contributed by atoms with E-state index in [0.29, 0.717) is 18.5 Å². The summed E-state index contributed by atoms with van der Waals surface area (Å²) in [5.41, 5.74) is 2.24. The Morgan fingerprint density at radius 1 is 1.39 bits per heavy atom. The first-order chi connectivity index (χ1) is 11.0. The summed E-state index contributed by atoms with van der Waals surface area (Å²) in [7, 11) is -4.03. The zero-order chi connectivity index (χ0) is 16.2. The van der Waals surface area contributed by atoms with E-state index in [9.17, 15) is 13.0 Å². The third-order valence-electron chi connectivity index (χ3n) is 4.90. The maximum absolute atomic E-state index is 11.5. The van der Waals surface area contributed by atoms with Crippen LogP contribution >= 0.6 is 0 Å². The van der Waals surface area contributed by atoms with Crippen LogP contribution in [0.4, 0.5) is 0 Å². The Balaban J connectivity index is 1.86. The van der Waals surface area contributed by atoms with Gasteiger partial charge in [0.25, 0.3) is 10.1 Å². The van der Waals surface area contributed by atoms with Crippen LogP contribution in [-0.4, -0.2) is 42.8 Å². The molecule has 3 aromatic rings. The number of hydrogen-bond donors (Lipinski definition) is 2. The van der Waals surface area contributed by atoms with E-state index in [4.69, 9.17) is 0 Å². The fraction of sp³-hybridized carbons (Fsp3) is 0.500. The third kappa shape index (κ3) is 2.22. The molecule has 1 aliphatic carbocycles. The van der Waals surface area contributed by atoms with Crippen molar-refractivity contribution in [3.63, 3.8) is 0 Å². The Hall–Kier alpha value is -2.00. The molecule has 4 rings (SSSR count). The van der Waals surface area contributed by atoms with Gasteiger partial charge in [-0.15, -0.1) is 10.2 Å². The molecule has 0 aliphatic heterocycles. The number of nitrogens with zero attached hydrogens (tertiary/aromatic N) is 4. The van der Waals surface area contributed by atoms with Crippen molar-refractivity contribution in [2.45, 2.75) is 37.4 Å². The predicted molar refractivity (Wildman–Crippen MR) is 83.7 cm³/mol. The molecule has 9 heteroatoms.